The number of phenolic OH excluding ortho intramolecular Hbond substituents is 1. The van der Waals surface area contributed by atoms with Gasteiger partial charge in [0, 0.05) is 18.1 Å². The second-order valence-corrected chi connectivity index (χ2v) is 6.19. The van der Waals surface area contributed by atoms with Crippen LogP contribution in [0.5, 0.6) is 5.75 Å². The first-order valence-corrected chi connectivity index (χ1v) is 7.59. The number of hydrogen-bond donors (Lipinski definition) is 3. The molecule has 1 saturated heterocycles. The Labute approximate surface area is 138 Å². The lowest BCUT2D eigenvalue weighted by atomic mass is 10.1. The molecule has 120 valence electrons. The van der Waals surface area contributed by atoms with Crippen molar-refractivity contribution < 1.29 is 14.7 Å². The summed E-state index contributed by atoms with van der Waals surface area (Å²) in [6.07, 6.45) is 0.871. The van der Waals surface area contributed by atoms with Gasteiger partial charge in [0.25, 0.3) is 5.91 Å². The van der Waals surface area contributed by atoms with Gasteiger partial charge >= 0.3 is 0 Å². The molecule has 6 nitrogen and oxygen atoms in total. The van der Waals surface area contributed by atoms with Crippen molar-refractivity contribution in [2.75, 3.05) is 26.2 Å². The van der Waals surface area contributed by atoms with Gasteiger partial charge in [-0.15, -0.1) is 0 Å². The molecule has 2 rings (SSSR count). The van der Waals surface area contributed by atoms with Crippen LogP contribution in [0.25, 0.3) is 0 Å². The quantitative estimate of drug-likeness (QED) is 0.747. The fraction of sp³-hybridized carbons (Fsp3) is 0.429. The molecule has 8 heteroatoms. The number of likely N-dealkylation sites (tertiary alicyclic amines) is 1. The molecule has 1 atom stereocenters. The van der Waals surface area contributed by atoms with Gasteiger partial charge in [0.1, 0.15) is 5.75 Å². The highest BCUT2D eigenvalue weighted by atomic mass is 35.5. The van der Waals surface area contributed by atoms with Gasteiger partial charge in [0.2, 0.25) is 5.91 Å². The van der Waals surface area contributed by atoms with Crippen LogP contribution in [0.1, 0.15) is 16.8 Å². The molecule has 0 radical (unpaired) electrons. The summed E-state index contributed by atoms with van der Waals surface area (Å²) >= 11 is 11.6. The molecule has 0 aromatic heterocycles. The molecule has 1 aliphatic heterocycles. The molecule has 2 amide bonds. The molecule has 4 N–H and O–H groups in total. The van der Waals surface area contributed by atoms with Gasteiger partial charge < -0.3 is 16.2 Å². The first-order valence-electron chi connectivity index (χ1n) is 6.83. The highest BCUT2D eigenvalue weighted by Gasteiger charge is 2.24. The number of primary amides is 1. The van der Waals surface area contributed by atoms with E-state index < -0.39 is 5.91 Å². The summed E-state index contributed by atoms with van der Waals surface area (Å²) in [6, 6.07) is 2.74. The summed E-state index contributed by atoms with van der Waals surface area (Å²) in [7, 11) is 0. The van der Waals surface area contributed by atoms with Gasteiger partial charge in [-0.1, -0.05) is 23.2 Å². The van der Waals surface area contributed by atoms with Crippen LogP contribution < -0.4 is 11.1 Å². The van der Waals surface area contributed by atoms with E-state index in [0.717, 1.165) is 13.0 Å². The second kappa shape index (κ2) is 7.17. The maximum Gasteiger partial charge on any atom is 0.255 e. The number of amides is 2. The molecule has 0 saturated carbocycles. The Morgan fingerprint density at radius 2 is 2.14 bits per heavy atom. The third-order valence-corrected chi connectivity index (χ3v) is 4.08. The van der Waals surface area contributed by atoms with Gasteiger partial charge in [0.05, 0.1) is 17.1 Å². The minimum atomic E-state index is -0.435. The number of nitrogens with zero attached hydrogens (tertiary/aromatic N) is 1. The Morgan fingerprint density at radius 3 is 2.82 bits per heavy atom. The van der Waals surface area contributed by atoms with Crippen molar-refractivity contribution in [1.29, 1.82) is 0 Å². The summed E-state index contributed by atoms with van der Waals surface area (Å²) in [5.41, 5.74) is 5.20. The van der Waals surface area contributed by atoms with Crippen molar-refractivity contribution in [1.82, 2.24) is 10.2 Å². The van der Waals surface area contributed by atoms with E-state index in [2.05, 4.69) is 5.32 Å². The van der Waals surface area contributed by atoms with E-state index in [1.807, 2.05) is 4.90 Å². The van der Waals surface area contributed by atoms with E-state index in [1.54, 1.807) is 0 Å². The van der Waals surface area contributed by atoms with E-state index in [0.29, 0.717) is 13.1 Å². The number of carbonyl (C=O) groups excluding carboxylic acids is 2. The van der Waals surface area contributed by atoms with Crippen molar-refractivity contribution in [3.63, 3.8) is 0 Å². The summed E-state index contributed by atoms with van der Waals surface area (Å²) in [4.78, 5) is 24.9. The number of hydrogen-bond acceptors (Lipinski definition) is 4. The number of nitrogens with one attached hydrogen (secondary N) is 1. The van der Waals surface area contributed by atoms with Crippen molar-refractivity contribution >= 4 is 35.0 Å². The number of nitrogens with two attached hydrogens (primary N) is 1. The lowest BCUT2D eigenvalue weighted by Gasteiger charge is -2.14. The van der Waals surface area contributed by atoms with Gasteiger partial charge in [0.15, 0.2) is 0 Å². The molecule has 1 fully saturated rings. The van der Waals surface area contributed by atoms with Crippen LogP contribution >= 0.6 is 23.2 Å². The predicted molar refractivity (Wildman–Crippen MR) is 84.2 cm³/mol. The van der Waals surface area contributed by atoms with Gasteiger partial charge in [-0.25, -0.2) is 0 Å². The highest BCUT2D eigenvalue weighted by molar-refractivity contribution is 6.36. The fourth-order valence-electron chi connectivity index (χ4n) is 2.51. The molecule has 22 heavy (non-hydrogen) atoms. The number of phenols is 1. The van der Waals surface area contributed by atoms with Crippen LogP contribution in [-0.4, -0.2) is 48.0 Å². The first kappa shape index (κ1) is 16.9. The van der Waals surface area contributed by atoms with Crippen LogP contribution in [-0.2, 0) is 4.79 Å². The summed E-state index contributed by atoms with van der Waals surface area (Å²) in [5.74, 6) is -0.844. The number of rotatable bonds is 5. The zero-order chi connectivity index (χ0) is 16.3. The Hall–Kier alpha value is -1.50. The topological polar surface area (TPSA) is 95.7 Å². The SMILES string of the molecule is NC(=O)CN1CCC(CNC(=O)c2cc(Cl)cc(Cl)c2O)C1. The van der Waals surface area contributed by atoms with E-state index in [4.69, 9.17) is 28.9 Å². The molecule has 1 unspecified atom stereocenters. The summed E-state index contributed by atoms with van der Waals surface area (Å²) in [5, 5.41) is 12.9. The Balaban J connectivity index is 1.90. The molecule has 0 aliphatic carbocycles. The molecule has 0 bridgehead atoms. The molecule has 1 aromatic rings. The minimum absolute atomic E-state index is 0.0335. The van der Waals surface area contributed by atoms with E-state index in [1.165, 1.54) is 12.1 Å². The minimum Gasteiger partial charge on any atom is -0.506 e. The van der Waals surface area contributed by atoms with Gasteiger partial charge in [-0.3, -0.25) is 14.5 Å². The molecular formula is C14H17Cl2N3O3. The average molecular weight is 346 g/mol. The number of benzene rings is 1. The summed E-state index contributed by atoms with van der Waals surface area (Å²) < 4.78 is 0. The van der Waals surface area contributed by atoms with Crippen molar-refractivity contribution in [3.8, 4) is 5.75 Å². The Kier molecular flexibility index (Phi) is 5.50. The largest absolute Gasteiger partial charge is 0.506 e. The number of aromatic hydroxyl groups is 1. The lowest BCUT2D eigenvalue weighted by Crippen LogP contribution is -2.34. The van der Waals surface area contributed by atoms with Crippen molar-refractivity contribution in [3.05, 3.63) is 27.7 Å². The van der Waals surface area contributed by atoms with Crippen molar-refractivity contribution in [2.45, 2.75) is 6.42 Å². The predicted octanol–water partition coefficient (Wildman–Crippen LogP) is 1.24. The Bertz CT molecular complexity index is 595. The Morgan fingerprint density at radius 1 is 1.41 bits per heavy atom. The zero-order valence-electron chi connectivity index (χ0n) is 11.8. The number of carbonyl (C=O) groups is 2. The smallest absolute Gasteiger partial charge is 0.255 e. The maximum atomic E-state index is 12.1. The van der Waals surface area contributed by atoms with Crippen LogP contribution in [0, 0.1) is 5.92 Å². The average Bonchev–Trinajstić information content (AvgIpc) is 2.86. The van der Waals surface area contributed by atoms with Crippen LogP contribution in [0.15, 0.2) is 12.1 Å². The highest BCUT2D eigenvalue weighted by Crippen LogP contribution is 2.31. The molecule has 1 heterocycles. The van der Waals surface area contributed by atoms with Crippen LogP contribution in [0.2, 0.25) is 10.0 Å². The zero-order valence-corrected chi connectivity index (χ0v) is 13.3. The van der Waals surface area contributed by atoms with E-state index in [9.17, 15) is 14.7 Å². The standard InChI is InChI=1S/C14H17Cl2N3O3/c15-9-3-10(13(21)11(16)4-9)14(22)18-5-8-1-2-19(6-8)7-12(17)20/h3-4,8,21H,1-2,5-7H2,(H2,17,20)(H,18,22). The lowest BCUT2D eigenvalue weighted by molar-refractivity contribution is -0.118. The molecule has 1 aliphatic rings. The maximum absolute atomic E-state index is 12.1. The monoisotopic (exact) mass is 345 g/mol. The van der Waals surface area contributed by atoms with Crippen LogP contribution in [0.3, 0.4) is 0 Å². The van der Waals surface area contributed by atoms with E-state index >= 15 is 0 Å². The number of halogens is 2. The molecule has 0 spiro atoms. The first-order chi connectivity index (χ1) is 10.4. The fourth-order valence-corrected chi connectivity index (χ4v) is 3.01. The van der Waals surface area contributed by atoms with Gasteiger partial charge in [-0.2, -0.15) is 0 Å². The third kappa shape index (κ3) is 4.25. The summed E-state index contributed by atoms with van der Waals surface area (Å²) in [6.45, 7) is 2.15. The second-order valence-electron chi connectivity index (χ2n) is 5.35. The van der Waals surface area contributed by atoms with Crippen LogP contribution in [0.4, 0.5) is 0 Å². The molecular weight excluding hydrogens is 329 g/mol. The van der Waals surface area contributed by atoms with Gasteiger partial charge in [-0.05, 0) is 31.0 Å². The third-order valence-electron chi connectivity index (χ3n) is 3.57. The van der Waals surface area contributed by atoms with Crippen molar-refractivity contribution in [2.24, 2.45) is 11.7 Å². The molecule has 1 aromatic carbocycles. The van der Waals surface area contributed by atoms with E-state index in [-0.39, 0.29) is 39.7 Å². The normalized spacial score (nSPS) is 18.4.